The summed E-state index contributed by atoms with van der Waals surface area (Å²) in [6.07, 6.45) is 5.12. The fraction of sp³-hybridized carbons (Fsp3) is 0.818. The zero-order chi connectivity index (χ0) is 9.98. The Morgan fingerprint density at radius 3 is 1.50 bits per heavy atom. The van der Waals surface area contributed by atoms with Crippen LogP contribution in [0.2, 0.25) is 0 Å². The molecule has 0 aliphatic heterocycles. The first-order chi connectivity index (χ1) is 5.59. The van der Waals surface area contributed by atoms with Crippen LogP contribution < -0.4 is 0 Å². The molecule has 74 valence electrons. The second-order valence-corrected chi connectivity index (χ2v) is 3.17. The molecule has 0 aromatic rings. The SMILES string of the molecule is C=C(CC)N(C)C.CCCCC. The Morgan fingerprint density at radius 2 is 1.50 bits per heavy atom. The highest BCUT2D eigenvalue weighted by atomic mass is 15.1. The van der Waals surface area contributed by atoms with Gasteiger partial charge in [0.25, 0.3) is 0 Å². The summed E-state index contributed by atoms with van der Waals surface area (Å²) in [5.74, 6) is 0. The quantitative estimate of drug-likeness (QED) is 0.624. The minimum Gasteiger partial charge on any atom is -0.381 e. The summed E-state index contributed by atoms with van der Waals surface area (Å²) >= 11 is 0. The molecule has 0 N–H and O–H groups in total. The summed E-state index contributed by atoms with van der Waals surface area (Å²) in [6, 6.07) is 0. The summed E-state index contributed by atoms with van der Waals surface area (Å²) in [7, 11) is 4.01. The van der Waals surface area contributed by atoms with E-state index in [1.807, 2.05) is 19.0 Å². The predicted molar refractivity (Wildman–Crippen MR) is 58.3 cm³/mol. The third-order valence-electron chi connectivity index (χ3n) is 1.75. The van der Waals surface area contributed by atoms with E-state index < -0.39 is 0 Å². The largest absolute Gasteiger partial charge is 0.381 e. The first-order valence-corrected chi connectivity index (χ1v) is 4.95. The lowest BCUT2D eigenvalue weighted by Gasteiger charge is -2.12. The second-order valence-electron chi connectivity index (χ2n) is 3.17. The van der Waals surface area contributed by atoms with Gasteiger partial charge in [-0.25, -0.2) is 0 Å². The summed E-state index contributed by atoms with van der Waals surface area (Å²) < 4.78 is 0. The molecule has 0 aromatic heterocycles. The molecular formula is C11H25N. The van der Waals surface area contributed by atoms with Crippen molar-refractivity contribution in [1.82, 2.24) is 4.90 Å². The van der Waals surface area contributed by atoms with Gasteiger partial charge in [-0.2, -0.15) is 0 Å². The predicted octanol–water partition coefficient (Wildman–Crippen LogP) is 3.67. The molecule has 0 heterocycles. The van der Waals surface area contributed by atoms with E-state index in [9.17, 15) is 0 Å². The number of rotatable bonds is 4. The molecule has 0 aliphatic carbocycles. The van der Waals surface area contributed by atoms with Crippen LogP contribution in [0.25, 0.3) is 0 Å². The van der Waals surface area contributed by atoms with Gasteiger partial charge in [-0.15, -0.1) is 0 Å². The summed E-state index contributed by atoms with van der Waals surface area (Å²) in [5.41, 5.74) is 1.18. The van der Waals surface area contributed by atoms with Crippen molar-refractivity contribution in [2.75, 3.05) is 14.1 Å². The molecule has 1 nitrogen and oxygen atoms in total. The van der Waals surface area contributed by atoms with Crippen LogP contribution >= 0.6 is 0 Å². The van der Waals surface area contributed by atoms with E-state index in [-0.39, 0.29) is 0 Å². The van der Waals surface area contributed by atoms with E-state index in [1.54, 1.807) is 0 Å². The van der Waals surface area contributed by atoms with Gasteiger partial charge in [-0.1, -0.05) is 46.6 Å². The maximum absolute atomic E-state index is 3.80. The molecule has 0 radical (unpaired) electrons. The van der Waals surface area contributed by atoms with Crippen molar-refractivity contribution >= 4 is 0 Å². The van der Waals surface area contributed by atoms with Crippen LogP contribution in [0.5, 0.6) is 0 Å². The maximum Gasteiger partial charge on any atom is 0.00579 e. The van der Waals surface area contributed by atoms with Crippen molar-refractivity contribution in [1.29, 1.82) is 0 Å². The van der Waals surface area contributed by atoms with E-state index in [4.69, 9.17) is 0 Å². The van der Waals surface area contributed by atoms with Crippen molar-refractivity contribution in [3.8, 4) is 0 Å². The van der Waals surface area contributed by atoms with Gasteiger partial charge in [-0.3, -0.25) is 0 Å². The van der Waals surface area contributed by atoms with Gasteiger partial charge in [0, 0.05) is 19.8 Å². The van der Waals surface area contributed by atoms with E-state index in [0.717, 1.165) is 6.42 Å². The normalized spacial score (nSPS) is 8.42. The molecule has 1 heteroatoms. The zero-order valence-corrected chi connectivity index (χ0v) is 9.48. The maximum atomic E-state index is 3.80. The average Bonchev–Trinajstić information content (AvgIpc) is 2.05. The highest BCUT2D eigenvalue weighted by molar-refractivity contribution is 4.88. The van der Waals surface area contributed by atoms with E-state index >= 15 is 0 Å². The molecule has 12 heavy (non-hydrogen) atoms. The number of allylic oxidation sites excluding steroid dienone is 1. The van der Waals surface area contributed by atoms with Crippen LogP contribution in [-0.4, -0.2) is 19.0 Å². The highest BCUT2D eigenvalue weighted by Crippen LogP contribution is 1.96. The first kappa shape index (κ1) is 14.1. The topological polar surface area (TPSA) is 3.24 Å². The molecule has 0 aliphatic rings. The van der Waals surface area contributed by atoms with E-state index in [2.05, 4.69) is 27.4 Å². The lowest BCUT2D eigenvalue weighted by Crippen LogP contribution is -2.08. The zero-order valence-electron chi connectivity index (χ0n) is 9.48. The van der Waals surface area contributed by atoms with Crippen molar-refractivity contribution in [2.45, 2.75) is 46.5 Å². The number of hydrogen-bond donors (Lipinski definition) is 0. The Kier molecular flexibility index (Phi) is 12.4. The molecule has 0 bridgehead atoms. The second kappa shape index (κ2) is 10.5. The molecule has 0 unspecified atom stereocenters. The Bertz CT molecular complexity index is 93.2. The third kappa shape index (κ3) is 12.2. The van der Waals surface area contributed by atoms with Gasteiger partial charge < -0.3 is 4.90 Å². The van der Waals surface area contributed by atoms with E-state index in [1.165, 1.54) is 25.0 Å². The standard InChI is InChI=1S/C6H13N.C5H12/c1-5-6(2)7(3)4;1-3-5-4-2/h2,5H2,1,3-4H3;3-5H2,1-2H3. The van der Waals surface area contributed by atoms with Crippen LogP contribution in [0.3, 0.4) is 0 Å². The monoisotopic (exact) mass is 171 g/mol. The molecule has 0 saturated carbocycles. The van der Waals surface area contributed by atoms with Crippen molar-refractivity contribution in [3.05, 3.63) is 12.3 Å². The van der Waals surface area contributed by atoms with Crippen LogP contribution in [0, 0.1) is 0 Å². The minimum atomic E-state index is 1.05. The molecule has 0 fully saturated rings. The van der Waals surface area contributed by atoms with E-state index in [0.29, 0.717) is 0 Å². The molecule has 0 amide bonds. The molecule has 0 rings (SSSR count). The number of hydrogen-bond acceptors (Lipinski definition) is 1. The van der Waals surface area contributed by atoms with Crippen LogP contribution in [0.1, 0.15) is 46.5 Å². The van der Waals surface area contributed by atoms with Gasteiger partial charge in [-0.05, 0) is 6.42 Å². The molecule has 0 spiro atoms. The number of nitrogens with zero attached hydrogens (tertiary/aromatic N) is 1. The fourth-order valence-corrected chi connectivity index (χ4v) is 0.670. The van der Waals surface area contributed by atoms with Gasteiger partial charge in [0.2, 0.25) is 0 Å². The Labute approximate surface area is 78.5 Å². The molecular weight excluding hydrogens is 146 g/mol. The molecule has 0 saturated heterocycles. The smallest absolute Gasteiger partial charge is 0.00579 e. The van der Waals surface area contributed by atoms with Crippen molar-refractivity contribution in [3.63, 3.8) is 0 Å². The number of unbranched alkanes of at least 4 members (excludes halogenated alkanes) is 2. The highest BCUT2D eigenvalue weighted by Gasteiger charge is 1.86. The van der Waals surface area contributed by atoms with Crippen LogP contribution in [-0.2, 0) is 0 Å². The summed E-state index contributed by atoms with van der Waals surface area (Å²) in [6.45, 7) is 10.3. The fourth-order valence-electron chi connectivity index (χ4n) is 0.670. The van der Waals surface area contributed by atoms with Gasteiger partial charge in [0.15, 0.2) is 0 Å². The van der Waals surface area contributed by atoms with Crippen LogP contribution in [0.4, 0.5) is 0 Å². The van der Waals surface area contributed by atoms with Gasteiger partial charge >= 0.3 is 0 Å². The van der Waals surface area contributed by atoms with Gasteiger partial charge in [0.05, 0.1) is 0 Å². The Morgan fingerprint density at radius 1 is 1.08 bits per heavy atom. The summed E-state index contributed by atoms with van der Waals surface area (Å²) in [4.78, 5) is 2.03. The Hall–Kier alpha value is -0.460. The van der Waals surface area contributed by atoms with Crippen molar-refractivity contribution < 1.29 is 0 Å². The first-order valence-electron chi connectivity index (χ1n) is 4.95. The lowest BCUT2D eigenvalue weighted by atomic mass is 10.3. The van der Waals surface area contributed by atoms with Crippen molar-refractivity contribution in [2.24, 2.45) is 0 Å². The Balaban J connectivity index is 0. The minimum absolute atomic E-state index is 1.05. The van der Waals surface area contributed by atoms with Crippen LogP contribution in [0.15, 0.2) is 12.3 Å². The van der Waals surface area contributed by atoms with Gasteiger partial charge in [0.1, 0.15) is 0 Å². The molecule has 0 aromatic carbocycles. The average molecular weight is 171 g/mol. The lowest BCUT2D eigenvalue weighted by molar-refractivity contribution is 0.497. The third-order valence-corrected chi connectivity index (χ3v) is 1.75. The molecule has 0 atom stereocenters. The summed E-state index contributed by atoms with van der Waals surface area (Å²) in [5, 5.41) is 0.